The standard InChI is InChI=1S/C20H26N2O2/c1-15-19(23-2)10-9-17(20(15)24-3)14-22-12-5-4-8-18(22)16-7-6-11-21-13-16/h6-7,9-11,13,18H,4-5,8,12,14H2,1-3H3/t18-/m0/s1. The molecule has 4 nitrogen and oxygen atoms in total. The highest BCUT2D eigenvalue weighted by molar-refractivity contribution is 5.49. The minimum absolute atomic E-state index is 0.430. The topological polar surface area (TPSA) is 34.6 Å². The molecule has 0 N–H and O–H groups in total. The van der Waals surface area contributed by atoms with Crippen molar-refractivity contribution >= 4 is 0 Å². The van der Waals surface area contributed by atoms with Crippen molar-refractivity contribution in [2.75, 3.05) is 20.8 Å². The first-order valence-electron chi connectivity index (χ1n) is 8.59. The summed E-state index contributed by atoms with van der Waals surface area (Å²) in [6, 6.07) is 8.81. The van der Waals surface area contributed by atoms with Crippen LogP contribution >= 0.6 is 0 Å². The van der Waals surface area contributed by atoms with E-state index in [9.17, 15) is 0 Å². The fourth-order valence-electron chi connectivity index (χ4n) is 3.71. The number of hydrogen-bond acceptors (Lipinski definition) is 4. The predicted molar refractivity (Wildman–Crippen MR) is 95.5 cm³/mol. The molecule has 2 aromatic rings. The molecule has 1 aliphatic rings. The van der Waals surface area contributed by atoms with Crippen LogP contribution in [-0.2, 0) is 6.54 Å². The summed E-state index contributed by atoms with van der Waals surface area (Å²) in [4.78, 5) is 6.85. The third-order valence-electron chi connectivity index (χ3n) is 4.92. The monoisotopic (exact) mass is 326 g/mol. The number of methoxy groups -OCH3 is 2. The molecule has 1 fully saturated rings. The van der Waals surface area contributed by atoms with Gasteiger partial charge in [-0.15, -0.1) is 0 Å². The average molecular weight is 326 g/mol. The van der Waals surface area contributed by atoms with E-state index in [0.29, 0.717) is 6.04 Å². The van der Waals surface area contributed by atoms with E-state index < -0.39 is 0 Å². The highest BCUT2D eigenvalue weighted by atomic mass is 16.5. The van der Waals surface area contributed by atoms with Crippen LogP contribution in [0.15, 0.2) is 36.7 Å². The normalized spacial score (nSPS) is 18.4. The smallest absolute Gasteiger partial charge is 0.129 e. The van der Waals surface area contributed by atoms with Gasteiger partial charge in [-0.3, -0.25) is 9.88 Å². The third kappa shape index (κ3) is 3.39. The van der Waals surface area contributed by atoms with Gasteiger partial charge in [0, 0.05) is 36.1 Å². The molecule has 24 heavy (non-hydrogen) atoms. The Morgan fingerprint density at radius 3 is 2.75 bits per heavy atom. The summed E-state index contributed by atoms with van der Waals surface area (Å²) < 4.78 is 11.1. The fraction of sp³-hybridized carbons (Fsp3) is 0.450. The Kier molecular flexibility index (Phi) is 5.36. The first-order valence-corrected chi connectivity index (χ1v) is 8.59. The number of hydrogen-bond donors (Lipinski definition) is 0. The van der Waals surface area contributed by atoms with Crippen molar-refractivity contribution in [3.63, 3.8) is 0 Å². The lowest BCUT2D eigenvalue weighted by Crippen LogP contribution is -2.33. The van der Waals surface area contributed by atoms with Crippen LogP contribution in [0.4, 0.5) is 0 Å². The van der Waals surface area contributed by atoms with E-state index in [2.05, 4.69) is 28.9 Å². The van der Waals surface area contributed by atoms with Crippen molar-refractivity contribution in [3.8, 4) is 11.5 Å². The molecule has 1 aliphatic heterocycles. The minimum atomic E-state index is 0.430. The van der Waals surface area contributed by atoms with Crippen molar-refractivity contribution in [2.24, 2.45) is 0 Å². The number of likely N-dealkylation sites (tertiary alicyclic amines) is 1. The van der Waals surface area contributed by atoms with Gasteiger partial charge in [0.05, 0.1) is 14.2 Å². The fourth-order valence-corrected chi connectivity index (χ4v) is 3.71. The van der Waals surface area contributed by atoms with Crippen LogP contribution in [0, 0.1) is 6.92 Å². The van der Waals surface area contributed by atoms with E-state index in [4.69, 9.17) is 9.47 Å². The van der Waals surface area contributed by atoms with Gasteiger partial charge in [-0.2, -0.15) is 0 Å². The summed E-state index contributed by atoms with van der Waals surface area (Å²) >= 11 is 0. The van der Waals surface area contributed by atoms with Gasteiger partial charge in [-0.25, -0.2) is 0 Å². The van der Waals surface area contributed by atoms with Crippen molar-refractivity contribution < 1.29 is 9.47 Å². The van der Waals surface area contributed by atoms with Crippen LogP contribution in [0.25, 0.3) is 0 Å². The molecule has 1 aromatic heterocycles. The van der Waals surface area contributed by atoms with Crippen LogP contribution in [0.1, 0.15) is 42.0 Å². The summed E-state index contributed by atoms with van der Waals surface area (Å²) in [6.45, 7) is 4.04. The largest absolute Gasteiger partial charge is 0.496 e. The Balaban J connectivity index is 1.87. The third-order valence-corrected chi connectivity index (χ3v) is 4.92. The Morgan fingerprint density at radius 2 is 2.04 bits per heavy atom. The zero-order chi connectivity index (χ0) is 16.9. The number of pyridine rings is 1. The summed E-state index contributed by atoms with van der Waals surface area (Å²) in [5.74, 6) is 1.81. The molecular formula is C20H26N2O2. The Labute approximate surface area is 144 Å². The second kappa shape index (κ2) is 7.67. The van der Waals surface area contributed by atoms with Crippen LogP contribution in [0.2, 0.25) is 0 Å². The molecule has 0 bridgehead atoms. The van der Waals surface area contributed by atoms with Gasteiger partial charge in [0.2, 0.25) is 0 Å². The highest BCUT2D eigenvalue weighted by Gasteiger charge is 2.25. The molecule has 0 unspecified atom stereocenters. The van der Waals surface area contributed by atoms with Gasteiger partial charge in [-0.1, -0.05) is 18.6 Å². The summed E-state index contributed by atoms with van der Waals surface area (Å²) in [5, 5.41) is 0. The average Bonchev–Trinajstić information content (AvgIpc) is 2.63. The quantitative estimate of drug-likeness (QED) is 0.827. The van der Waals surface area contributed by atoms with Gasteiger partial charge in [0.15, 0.2) is 0 Å². The second-order valence-corrected chi connectivity index (χ2v) is 6.35. The van der Waals surface area contributed by atoms with Crippen molar-refractivity contribution in [1.29, 1.82) is 0 Å². The van der Waals surface area contributed by atoms with Crippen LogP contribution in [0.5, 0.6) is 11.5 Å². The Hall–Kier alpha value is -2.07. The molecule has 0 radical (unpaired) electrons. The van der Waals surface area contributed by atoms with Gasteiger partial charge >= 0.3 is 0 Å². The molecule has 0 aliphatic carbocycles. The van der Waals surface area contributed by atoms with E-state index >= 15 is 0 Å². The molecule has 1 aromatic carbocycles. The predicted octanol–water partition coefficient (Wildman–Crippen LogP) is 4.13. The first-order chi connectivity index (χ1) is 11.7. The van der Waals surface area contributed by atoms with Crippen LogP contribution in [0.3, 0.4) is 0 Å². The molecule has 0 amide bonds. The molecule has 2 heterocycles. The van der Waals surface area contributed by atoms with Gasteiger partial charge < -0.3 is 9.47 Å². The maximum atomic E-state index is 5.68. The molecule has 0 spiro atoms. The molecule has 1 atom stereocenters. The second-order valence-electron chi connectivity index (χ2n) is 6.35. The number of piperidine rings is 1. The first kappa shape index (κ1) is 16.8. The number of nitrogens with zero attached hydrogens (tertiary/aromatic N) is 2. The Bertz CT molecular complexity index is 673. The van der Waals surface area contributed by atoms with E-state index in [-0.39, 0.29) is 0 Å². The van der Waals surface area contributed by atoms with E-state index in [1.807, 2.05) is 24.5 Å². The van der Waals surface area contributed by atoms with Gasteiger partial charge in [0.25, 0.3) is 0 Å². The SMILES string of the molecule is COc1ccc(CN2CCCC[C@H]2c2cccnc2)c(OC)c1C. The summed E-state index contributed by atoms with van der Waals surface area (Å²) in [5.41, 5.74) is 3.58. The molecule has 128 valence electrons. The van der Waals surface area contributed by atoms with Crippen molar-refractivity contribution in [2.45, 2.75) is 38.8 Å². The zero-order valence-electron chi connectivity index (χ0n) is 14.8. The van der Waals surface area contributed by atoms with E-state index in [0.717, 1.165) is 30.2 Å². The molecular weight excluding hydrogens is 300 g/mol. The maximum absolute atomic E-state index is 5.68. The van der Waals surface area contributed by atoms with Crippen molar-refractivity contribution in [3.05, 3.63) is 53.3 Å². The zero-order valence-corrected chi connectivity index (χ0v) is 14.8. The lowest BCUT2D eigenvalue weighted by molar-refractivity contribution is 0.138. The molecule has 0 saturated carbocycles. The van der Waals surface area contributed by atoms with Crippen LogP contribution < -0.4 is 9.47 Å². The number of benzene rings is 1. The lowest BCUT2D eigenvalue weighted by Gasteiger charge is -2.36. The minimum Gasteiger partial charge on any atom is -0.496 e. The lowest BCUT2D eigenvalue weighted by atomic mass is 9.95. The van der Waals surface area contributed by atoms with E-state index in [1.54, 1.807) is 14.2 Å². The molecule has 3 rings (SSSR count). The maximum Gasteiger partial charge on any atom is 0.129 e. The number of rotatable bonds is 5. The number of ether oxygens (including phenoxy) is 2. The van der Waals surface area contributed by atoms with Gasteiger partial charge in [-0.05, 0) is 44.0 Å². The van der Waals surface area contributed by atoms with Gasteiger partial charge in [0.1, 0.15) is 11.5 Å². The summed E-state index contributed by atoms with van der Waals surface area (Å²) in [6.07, 6.45) is 7.54. The molecule has 4 heteroatoms. The highest BCUT2D eigenvalue weighted by Crippen LogP contribution is 2.36. The van der Waals surface area contributed by atoms with Crippen LogP contribution in [-0.4, -0.2) is 30.6 Å². The Morgan fingerprint density at radius 1 is 1.17 bits per heavy atom. The summed E-state index contributed by atoms with van der Waals surface area (Å²) in [7, 11) is 3.44. The van der Waals surface area contributed by atoms with E-state index in [1.165, 1.54) is 30.4 Å². The van der Waals surface area contributed by atoms with Crippen molar-refractivity contribution in [1.82, 2.24) is 9.88 Å². The molecule has 1 saturated heterocycles. The number of aromatic nitrogens is 1.